The molecule has 0 bridgehead atoms. The lowest BCUT2D eigenvalue weighted by Gasteiger charge is -2.10. The van der Waals surface area contributed by atoms with Crippen LogP contribution in [0.4, 0.5) is 0 Å². The lowest BCUT2D eigenvalue weighted by molar-refractivity contribution is 0.646. The molecular formula is C10H15BrN2. The molecule has 3 heteroatoms. The minimum absolute atomic E-state index is 0.737. The number of aromatic nitrogens is 2. The van der Waals surface area contributed by atoms with E-state index >= 15 is 0 Å². The standard InChI is InChI=1S/C10H15BrN2/c1-7-12-10(11)9(13(7)2)8-5-3-4-6-8/h8H,3-6H2,1-2H3. The monoisotopic (exact) mass is 242 g/mol. The highest BCUT2D eigenvalue weighted by atomic mass is 79.9. The Morgan fingerprint density at radius 1 is 1.38 bits per heavy atom. The molecule has 0 spiro atoms. The van der Waals surface area contributed by atoms with Crippen LogP contribution < -0.4 is 0 Å². The van der Waals surface area contributed by atoms with Crippen molar-refractivity contribution in [1.82, 2.24) is 9.55 Å². The van der Waals surface area contributed by atoms with Crippen LogP contribution in [0.5, 0.6) is 0 Å². The lowest BCUT2D eigenvalue weighted by atomic mass is 10.1. The van der Waals surface area contributed by atoms with E-state index in [-0.39, 0.29) is 0 Å². The van der Waals surface area contributed by atoms with Crippen LogP contribution in [-0.4, -0.2) is 9.55 Å². The zero-order chi connectivity index (χ0) is 9.42. The van der Waals surface area contributed by atoms with Crippen LogP contribution in [0.15, 0.2) is 4.60 Å². The predicted molar refractivity (Wildman–Crippen MR) is 56.9 cm³/mol. The average molecular weight is 243 g/mol. The molecule has 1 heterocycles. The first-order valence-electron chi connectivity index (χ1n) is 4.89. The van der Waals surface area contributed by atoms with E-state index in [1.807, 2.05) is 0 Å². The number of hydrogen-bond donors (Lipinski definition) is 0. The van der Waals surface area contributed by atoms with Gasteiger partial charge in [0, 0.05) is 13.0 Å². The van der Waals surface area contributed by atoms with Gasteiger partial charge in [-0.15, -0.1) is 0 Å². The van der Waals surface area contributed by atoms with Gasteiger partial charge in [-0.05, 0) is 35.7 Å². The van der Waals surface area contributed by atoms with Crippen molar-refractivity contribution >= 4 is 15.9 Å². The van der Waals surface area contributed by atoms with Crippen molar-refractivity contribution in [3.63, 3.8) is 0 Å². The van der Waals surface area contributed by atoms with E-state index < -0.39 is 0 Å². The summed E-state index contributed by atoms with van der Waals surface area (Å²) in [6.07, 6.45) is 5.41. The van der Waals surface area contributed by atoms with Gasteiger partial charge in [0.15, 0.2) is 0 Å². The molecule has 0 saturated heterocycles. The van der Waals surface area contributed by atoms with Crippen LogP contribution in [0.1, 0.15) is 43.1 Å². The topological polar surface area (TPSA) is 17.8 Å². The van der Waals surface area contributed by atoms with Gasteiger partial charge >= 0.3 is 0 Å². The van der Waals surface area contributed by atoms with Gasteiger partial charge in [0.25, 0.3) is 0 Å². The summed E-state index contributed by atoms with van der Waals surface area (Å²) < 4.78 is 3.28. The highest BCUT2D eigenvalue weighted by Crippen LogP contribution is 2.37. The Morgan fingerprint density at radius 3 is 2.46 bits per heavy atom. The normalized spacial score (nSPS) is 18.4. The zero-order valence-corrected chi connectivity index (χ0v) is 9.76. The number of halogens is 1. The summed E-state index contributed by atoms with van der Waals surface area (Å²) in [5.74, 6) is 1.84. The second kappa shape index (κ2) is 3.45. The Labute approximate surface area is 87.5 Å². The van der Waals surface area contributed by atoms with Crippen molar-refractivity contribution in [2.75, 3.05) is 0 Å². The zero-order valence-electron chi connectivity index (χ0n) is 8.18. The predicted octanol–water partition coefficient (Wildman–Crippen LogP) is 3.15. The van der Waals surface area contributed by atoms with Gasteiger partial charge in [-0.25, -0.2) is 4.98 Å². The molecule has 1 fully saturated rings. The molecule has 72 valence electrons. The van der Waals surface area contributed by atoms with Crippen molar-refractivity contribution in [3.05, 3.63) is 16.1 Å². The van der Waals surface area contributed by atoms with E-state index in [4.69, 9.17) is 0 Å². The molecule has 1 saturated carbocycles. The summed E-state index contributed by atoms with van der Waals surface area (Å²) >= 11 is 3.55. The first-order chi connectivity index (χ1) is 6.20. The van der Waals surface area contributed by atoms with E-state index in [0.717, 1.165) is 16.3 Å². The molecule has 0 unspecified atom stereocenters. The first-order valence-corrected chi connectivity index (χ1v) is 5.68. The molecule has 0 atom stereocenters. The fourth-order valence-corrected chi connectivity index (χ4v) is 3.07. The SMILES string of the molecule is Cc1nc(Br)c(C2CCCC2)n1C. The van der Waals surface area contributed by atoms with Crippen LogP contribution >= 0.6 is 15.9 Å². The third-order valence-electron chi connectivity index (χ3n) is 3.06. The second-order valence-corrected chi connectivity index (χ2v) is 4.63. The van der Waals surface area contributed by atoms with Crippen molar-refractivity contribution in [1.29, 1.82) is 0 Å². The summed E-state index contributed by atoms with van der Waals surface area (Å²) in [5, 5.41) is 0. The molecule has 0 amide bonds. The van der Waals surface area contributed by atoms with Gasteiger partial charge in [0.2, 0.25) is 0 Å². The third-order valence-corrected chi connectivity index (χ3v) is 3.64. The Balaban J connectivity index is 2.37. The third kappa shape index (κ3) is 1.54. The second-order valence-electron chi connectivity index (χ2n) is 3.88. The highest BCUT2D eigenvalue weighted by Gasteiger charge is 2.23. The number of aryl methyl sites for hydroxylation is 1. The smallest absolute Gasteiger partial charge is 0.127 e. The number of nitrogens with zero attached hydrogens (tertiary/aromatic N) is 2. The van der Waals surface area contributed by atoms with Crippen LogP contribution in [0.2, 0.25) is 0 Å². The van der Waals surface area contributed by atoms with Gasteiger partial charge in [-0.1, -0.05) is 12.8 Å². The molecule has 1 aromatic heterocycles. The van der Waals surface area contributed by atoms with Gasteiger partial charge in [0.05, 0.1) is 5.69 Å². The molecule has 1 aromatic rings. The van der Waals surface area contributed by atoms with Crippen LogP contribution in [0, 0.1) is 6.92 Å². The average Bonchev–Trinajstić information content (AvgIpc) is 2.63. The van der Waals surface area contributed by atoms with Gasteiger partial charge in [-0.3, -0.25) is 0 Å². The number of hydrogen-bond acceptors (Lipinski definition) is 1. The van der Waals surface area contributed by atoms with E-state index in [1.54, 1.807) is 0 Å². The van der Waals surface area contributed by atoms with Crippen molar-refractivity contribution in [2.45, 2.75) is 38.5 Å². The minimum Gasteiger partial charge on any atom is -0.334 e. The van der Waals surface area contributed by atoms with Crippen LogP contribution in [-0.2, 0) is 7.05 Å². The maximum atomic E-state index is 4.43. The van der Waals surface area contributed by atoms with Crippen molar-refractivity contribution in [3.8, 4) is 0 Å². The van der Waals surface area contributed by atoms with Crippen LogP contribution in [0.3, 0.4) is 0 Å². The molecule has 0 aromatic carbocycles. The maximum Gasteiger partial charge on any atom is 0.127 e. The fraction of sp³-hybridized carbons (Fsp3) is 0.700. The summed E-state index contributed by atoms with van der Waals surface area (Å²) in [6.45, 7) is 2.06. The number of imidazole rings is 1. The fourth-order valence-electron chi connectivity index (χ4n) is 2.23. The highest BCUT2D eigenvalue weighted by molar-refractivity contribution is 9.10. The molecular weight excluding hydrogens is 228 g/mol. The van der Waals surface area contributed by atoms with E-state index in [2.05, 4.69) is 39.5 Å². The maximum absolute atomic E-state index is 4.43. The molecule has 0 radical (unpaired) electrons. The molecule has 1 aliphatic rings. The van der Waals surface area contributed by atoms with Gasteiger partial charge in [0.1, 0.15) is 10.4 Å². The Hall–Kier alpha value is -0.310. The molecule has 0 N–H and O–H groups in total. The first kappa shape index (κ1) is 9.25. The molecule has 0 aliphatic heterocycles. The van der Waals surface area contributed by atoms with E-state index in [9.17, 15) is 0 Å². The minimum atomic E-state index is 0.737. The molecule has 2 rings (SSSR count). The Bertz CT molecular complexity index is 311. The van der Waals surface area contributed by atoms with E-state index in [0.29, 0.717) is 0 Å². The summed E-state index contributed by atoms with van der Waals surface area (Å²) in [7, 11) is 2.11. The molecule has 1 aliphatic carbocycles. The van der Waals surface area contributed by atoms with Gasteiger partial charge < -0.3 is 4.57 Å². The Kier molecular flexibility index (Phi) is 2.45. The van der Waals surface area contributed by atoms with Crippen molar-refractivity contribution < 1.29 is 0 Å². The van der Waals surface area contributed by atoms with Gasteiger partial charge in [-0.2, -0.15) is 0 Å². The lowest BCUT2D eigenvalue weighted by Crippen LogP contribution is -2.02. The van der Waals surface area contributed by atoms with E-state index in [1.165, 1.54) is 31.4 Å². The Morgan fingerprint density at radius 2 is 2.00 bits per heavy atom. The van der Waals surface area contributed by atoms with Crippen LogP contribution in [0.25, 0.3) is 0 Å². The molecule has 13 heavy (non-hydrogen) atoms. The number of rotatable bonds is 1. The van der Waals surface area contributed by atoms with Crippen molar-refractivity contribution in [2.24, 2.45) is 7.05 Å². The summed E-state index contributed by atoms with van der Waals surface area (Å²) in [5.41, 5.74) is 1.40. The molecule has 2 nitrogen and oxygen atoms in total. The summed E-state index contributed by atoms with van der Waals surface area (Å²) in [4.78, 5) is 4.43. The summed E-state index contributed by atoms with van der Waals surface area (Å²) in [6, 6.07) is 0. The largest absolute Gasteiger partial charge is 0.334 e. The quantitative estimate of drug-likeness (QED) is 0.740.